The molecule has 1 aromatic rings. The molecule has 0 saturated carbocycles. The third-order valence-corrected chi connectivity index (χ3v) is 4.04. The molecule has 1 N–H and O–H groups in total. The Balaban J connectivity index is 1.70. The van der Waals surface area contributed by atoms with Crippen LogP contribution in [0.1, 0.15) is 18.9 Å². The molecule has 0 aromatic heterocycles. The van der Waals surface area contributed by atoms with Crippen molar-refractivity contribution in [1.82, 2.24) is 5.32 Å². The van der Waals surface area contributed by atoms with Crippen LogP contribution in [0.2, 0.25) is 0 Å². The van der Waals surface area contributed by atoms with E-state index in [9.17, 15) is 14.0 Å². The number of carbonyl (C=O) groups excluding carboxylic acids is 2. The van der Waals surface area contributed by atoms with E-state index in [2.05, 4.69) is 5.32 Å². The van der Waals surface area contributed by atoms with E-state index in [-0.39, 0.29) is 19.1 Å². The fourth-order valence-corrected chi connectivity index (χ4v) is 2.81. The van der Waals surface area contributed by atoms with E-state index in [1.54, 1.807) is 11.0 Å². The van der Waals surface area contributed by atoms with Gasteiger partial charge < -0.3 is 14.4 Å². The summed E-state index contributed by atoms with van der Waals surface area (Å²) in [7, 11) is 0. The first-order valence-electron chi connectivity index (χ1n) is 7.79. The molecule has 1 fully saturated rings. The van der Waals surface area contributed by atoms with Crippen molar-refractivity contribution in [2.45, 2.75) is 19.4 Å². The van der Waals surface area contributed by atoms with Gasteiger partial charge >= 0.3 is 0 Å². The molecule has 1 aromatic carbocycles. The van der Waals surface area contributed by atoms with Gasteiger partial charge in [0.15, 0.2) is 6.10 Å². The maximum atomic E-state index is 14.4. The van der Waals surface area contributed by atoms with Crippen LogP contribution in [0, 0.1) is 5.82 Å². The number of rotatable bonds is 3. The second-order valence-electron chi connectivity index (χ2n) is 5.77. The summed E-state index contributed by atoms with van der Waals surface area (Å²) in [5.41, 5.74) is 2.16. The summed E-state index contributed by atoms with van der Waals surface area (Å²) in [5.74, 6) is -1.21. The van der Waals surface area contributed by atoms with Crippen molar-refractivity contribution in [3.8, 4) is 0 Å². The number of benzene rings is 1. The van der Waals surface area contributed by atoms with Gasteiger partial charge in [-0.15, -0.1) is 0 Å². The Hall–Kier alpha value is -2.25. The summed E-state index contributed by atoms with van der Waals surface area (Å²) in [5, 5.41) is 2.20. The lowest BCUT2D eigenvalue weighted by Crippen LogP contribution is -2.39. The predicted octanol–water partition coefficient (Wildman–Crippen LogP) is 1.45. The molecule has 128 valence electrons. The number of imide groups is 1. The third kappa shape index (κ3) is 3.63. The van der Waals surface area contributed by atoms with Crippen molar-refractivity contribution in [3.05, 3.63) is 35.7 Å². The van der Waals surface area contributed by atoms with Crippen molar-refractivity contribution < 1.29 is 23.5 Å². The van der Waals surface area contributed by atoms with Crippen molar-refractivity contribution in [2.75, 3.05) is 31.4 Å². The summed E-state index contributed by atoms with van der Waals surface area (Å²) in [4.78, 5) is 24.5. The van der Waals surface area contributed by atoms with E-state index in [0.29, 0.717) is 30.9 Å². The fraction of sp³-hybridized carbons (Fsp3) is 0.412. The van der Waals surface area contributed by atoms with E-state index in [1.807, 2.05) is 12.1 Å². The van der Waals surface area contributed by atoms with Gasteiger partial charge in [0.1, 0.15) is 12.5 Å². The van der Waals surface area contributed by atoms with Crippen LogP contribution < -0.4 is 10.2 Å². The number of hydrogen-bond donors (Lipinski definition) is 1. The molecule has 1 atom stereocenters. The molecular weight excluding hydrogens is 315 g/mol. The van der Waals surface area contributed by atoms with Gasteiger partial charge in [-0.2, -0.15) is 0 Å². The first kappa shape index (κ1) is 16.6. The Morgan fingerprint density at radius 2 is 2.21 bits per heavy atom. The van der Waals surface area contributed by atoms with E-state index in [1.165, 1.54) is 13.0 Å². The number of nitrogens with zero attached hydrogens (tertiary/aromatic N) is 1. The fourth-order valence-electron chi connectivity index (χ4n) is 2.81. The summed E-state index contributed by atoms with van der Waals surface area (Å²) in [6, 6.07) is 4.99. The zero-order valence-electron chi connectivity index (χ0n) is 13.4. The lowest BCUT2D eigenvalue weighted by Gasteiger charge is -2.19. The van der Waals surface area contributed by atoms with Crippen molar-refractivity contribution in [1.29, 1.82) is 0 Å². The number of halogens is 1. The van der Waals surface area contributed by atoms with Gasteiger partial charge in [-0.3, -0.25) is 14.9 Å². The van der Waals surface area contributed by atoms with Crippen LogP contribution in [0.4, 0.5) is 10.1 Å². The number of anilines is 1. The summed E-state index contributed by atoms with van der Waals surface area (Å²) >= 11 is 0. The van der Waals surface area contributed by atoms with Gasteiger partial charge in [0.25, 0.3) is 5.91 Å². The minimum absolute atomic E-state index is 0.172. The molecule has 0 unspecified atom stereocenters. The van der Waals surface area contributed by atoms with Crippen LogP contribution in [0.15, 0.2) is 24.3 Å². The summed E-state index contributed by atoms with van der Waals surface area (Å²) < 4.78 is 25.1. The molecule has 2 aliphatic rings. The highest BCUT2D eigenvalue weighted by Crippen LogP contribution is 2.28. The van der Waals surface area contributed by atoms with E-state index in [4.69, 9.17) is 9.47 Å². The average molecular weight is 334 g/mol. The van der Waals surface area contributed by atoms with Gasteiger partial charge in [-0.25, -0.2) is 4.39 Å². The Labute approximate surface area is 139 Å². The standard InChI is InChI=1S/C17H19FN2O4/c1-11(21)19-17(22)16-9-20(10-24-16)13-2-3-14(15(18)8-13)12-4-6-23-7-5-12/h2-4,8,16H,5-7,9-10H2,1H3,(H,19,21,22)/t16-/m0/s1. The largest absolute Gasteiger partial charge is 0.377 e. The van der Waals surface area contributed by atoms with Crippen molar-refractivity contribution in [3.63, 3.8) is 0 Å². The molecule has 1 saturated heterocycles. The topological polar surface area (TPSA) is 67.9 Å². The van der Waals surface area contributed by atoms with Crippen LogP contribution >= 0.6 is 0 Å². The first-order chi connectivity index (χ1) is 11.5. The Bertz CT molecular complexity index is 689. The maximum Gasteiger partial charge on any atom is 0.257 e. The number of carbonyl (C=O) groups is 2. The van der Waals surface area contributed by atoms with Gasteiger partial charge in [0.2, 0.25) is 5.91 Å². The predicted molar refractivity (Wildman–Crippen MR) is 85.7 cm³/mol. The number of nitrogens with one attached hydrogen (secondary N) is 1. The van der Waals surface area contributed by atoms with Gasteiger partial charge in [-0.05, 0) is 30.2 Å². The average Bonchev–Trinajstić information content (AvgIpc) is 3.05. The molecule has 2 aliphatic heterocycles. The first-order valence-corrected chi connectivity index (χ1v) is 7.79. The monoisotopic (exact) mass is 334 g/mol. The van der Waals surface area contributed by atoms with Gasteiger partial charge in [0.05, 0.1) is 19.8 Å². The highest BCUT2D eigenvalue weighted by Gasteiger charge is 2.30. The van der Waals surface area contributed by atoms with E-state index in [0.717, 1.165) is 5.57 Å². The highest BCUT2D eigenvalue weighted by molar-refractivity contribution is 5.96. The number of amides is 2. The molecule has 0 bridgehead atoms. The molecule has 0 aliphatic carbocycles. The smallest absolute Gasteiger partial charge is 0.257 e. The zero-order valence-corrected chi connectivity index (χ0v) is 13.4. The molecule has 0 spiro atoms. The van der Waals surface area contributed by atoms with Crippen LogP contribution in [0.3, 0.4) is 0 Å². The van der Waals surface area contributed by atoms with Gasteiger partial charge in [-0.1, -0.05) is 6.08 Å². The van der Waals surface area contributed by atoms with Crippen molar-refractivity contribution >= 4 is 23.1 Å². The lowest BCUT2D eigenvalue weighted by molar-refractivity contribution is -0.135. The van der Waals surface area contributed by atoms with E-state index < -0.39 is 17.9 Å². The lowest BCUT2D eigenvalue weighted by atomic mass is 10.0. The number of ether oxygens (including phenoxy) is 2. The van der Waals surface area contributed by atoms with Crippen LogP contribution in [0.5, 0.6) is 0 Å². The van der Waals surface area contributed by atoms with Crippen molar-refractivity contribution in [2.24, 2.45) is 0 Å². The van der Waals surface area contributed by atoms with Crippen LogP contribution in [-0.2, 0) is 19.1 Å². The normalized spacial score (nSPS) is 20.7. The molecule has 7 heteroatoms. The Kier molecular flexibility index (Phi) is 4.92. The maximum absolute atomic E-state index is 14.4. The SMILES string of the molecule is CC(=O)NC(=O)[C@@H]1CN(c2ccc(C3=CCOCC3)c(F)c2)CO1. The highest BCUT2D eigenvalue weighted by atomic mass is 19.1. The summed E-state index contributed by atoms with van der Waals surface area (Å²) in [6.45, 7) is 2.81. The molecule has 2 heterocycles. The number of hydrogen-bond acceptors (Lipinski definition) is 5. The molecular formula is C17H19FN2O4. The zero-order chi connectivity index (χ0) is 17.1. The third-order valence-electron chi connectivity index (χ3n) is 4.04. The summed E-state index contributed by atoms with van der Waals surface area (Å²) in [6.07, 6.45) is 1.84. The molecule has 0 radical (unpaired) electrons. The minimum atomic E-state index is -0.741. The van der Waals surface area contributed by atoms with E-state index >= 15 is 0 Å². The Morgan fingerprint density at radius 1 is 1.38 bits per heavy atom. The molecule has 6 nitrogen and oxygen atoms in total. The molecule has 24 heavy (non-hydrogen) atoms. The van der Waals surface area contributed by atoms with Gasteiger partial charge in [0, 0.05) is 18.2 Å². The second-order valence-corrected chi connectivity index (χ2v) is 5.77. The van der Waals surface area contributed by atoms with Crippen LogP contribution in [-0.4, -0.2) is 44.4 Å². The quantitative estimate of drug-likeness (QED) is 0.906. The second kappa shape index (κ2) is 7.11. The minimum Gasteiger partial charge on any atom is -0.377 e. The Morgan fingerprint density at radius 3 is 2.88 bits per heavy atom. The van der Waals surface area contributed by atoms with Crippen LogP contribution in [0.25, 0.3) is 5.57 Å². The molecule has 2 amide bonds. The molecule has 3 rings (SSSR count).